The van der Waals surface area contributed by atoms with E-state index >= 15 is 0 Å². The minimum Gasteiger partial charge on any atom is -0.370 e. The number of aliphatic imine (C=N–C) groups is 1. The zero-order valence-corrected chi connectivity index (χ0v) is 15.4. The second kappa shape index (κ2) is 9.88. The van der Waals surface area contributed by atoms with Crippen molar-refractivity contribution in [3.05, 3.63) is 16.1 Å². The molecule has 5 nitrogen and oxygen atoms in total. The summed E-state index contributed by atoms with van der Waals surface area (Å²) in [7, 11) is 0. The lowest BCUT2D eigenvalue weighted by Gasteiger charge is -2.30. The van der Waals surface area contributed by atoms with Crippen LogP contribution in [0.5, 0.6) is 0 Å². The van der Waals surface area contributed by atoms with Crippen molar-refractivity contribution in [3.63, 3.8) is 0 Å². The summed E-state index contributed by atoms with van der Waals surface area (Å²) in [5.41, 5.74) is 7.13. The van der Waals surface area contributed by atoms with Gasteiger partial charge >= 0.3 is 0 Å². The molecule has 0 bridgehead atoms. The molecule has 0 spiro atoms. The van der Waals surface area contributed by atoms with Crippen molar-refractivity contribution < 1.29 is 0 Å². The van der Waals surface area contributed by atoms with E-state index in [9.17, 15) is 0 Å². The number of aromatic nitrogens is 1. The van der Waals surface area contributed by atoms with Crippen LogP contribution in [0.25, 0.3) is 0 Å². The molecule has 1 aromatic rings. The third-order valence-corrected chi connectivity index (χ3v) is 5.39. The summed E-state index contributed by atoms with van der Waals surface area (Å²) >= 11 is 1.78. The number of likely N-dealkylation sites (tertiary alicyclic amines) is 1. The number of hydrogen-bond acceptors (Lipinski definition) is 4. The van der Waals surface area contributed by atoms with Gasteiger partial charge in [0.05, 0.1) is 10.7 Å². The van der Waals surface area contributed by atoms with Gasteiger partial charge in [0.1, 0.15) is 0 Å². The maximum atomic E-state index is 5.90. The lowest BCUT2D eigenvalue weighted by Crippen LogP contribution is -2.36. The average Bonchev–Trinajstić information content (AvgIpc) is 3.02. The molecule has 2 heterocycles. The molecule has 0 atom stereocenters. The van der Waals surface area contributed by atoms with Crippen LogP contribution in [0, 0.1) is 5.92 Å². The van der Waals surface area contributed by atoms with Crippen LogP contribution in [0.3, 0.4) is 0 Å². The molecule has 2 rings (SSSR count). The Balaban J connectivity index is 1.66. The molecular weight excluding hydrogens is 306 g/mol. The molecule has 1 aliphatic heterocycles. The molecule has 130 valence electrons. The molecule has 6 heteroatoms. The van der Waals surface area contributed by atoms with E-state index in [4.69, 9.17) is 5.73 Å². The summed E-state index contributed by atoms with van der Waals surface area (Å²) in [6.45, 7) is 9.40. The quantitative estimate of drug-likeness (QED) is 0.435. The van der Waals surface area contributed by atoms with E-state index in [0.717, 1.165) is 45.6 Å². The number of nitrogens with one attached hydrogen (secondary N) is 1. The maximum Gasteiger partial charge on any atom is 0.188 e. The summed E-state index contributed by atoms with van der Waals surface area (Å²) in [4.78, 5) is 11.7. The Kier molecular flexibility index (Phi) is 7.82. The molecule has 1 aliphatic rings. The first-order valence-corrected chi connectivity index (χ1v) is 9.78. The van der Waals surface area contributed by atoms with Gasteiger partial charge in [-0.1, -0.05) is 20.3 Å². The summed E-state index contributed by atoms with van der Waals surface area (Å²) in [5.74, 6) is 1.27. The van der Waals surface area contributed by atoms with Crippen LogP contribution in [0.15, 0.2) is 10.4 Å². The highest BCUT2D eigenvalue weighted by molar-refractivity contribution is 7.09. The fraction of sp³-hybridized carbons (Fsp3) is 0.765. The Hall–Kier alpha value is -1.14. The standard InChI is InChI=1S/C17H31N5S/c1-3-5-8-19-17(18)20-11-14-6-9-22(10-7-14)12-15-13-23-16(4-2)21-15/h13-14H,3-12H2,1-2H3,(H3,18,19,20). The Labute approximate surface area is 144 Å². The van der Waals surface area contributed by atoms with Crippen molar-refractivity contribution in [1.82, 2.24) is 15.2 Å². The molecule has 0 unspecified atom stereocenters. The first kappa shape index (κ1) is 18.2. The Morgan fingerprint density at radius 2 is 2.22 bits per heavy atom. The summed E-state index contributed by atoms with van der Waals surface area (Å²) in [6, 6.07) is 0. The first-order chi connectivity index (χ1) is 11.2. The molecule has 0 amide bonds. The number of thiazole rings is 1. The van der Waals surface area contributed by atoms with E-state index in [-0.39, 0.29) is 0 Å². The normalized spacial score (nSPS) is 17.6. The van der Waals surface area contributed by atoms with Crippen LogP contribution < -0.4 is 11.1 Å². The first-order valence-electron chi connectivity index (χ1n) is 8.90. The number of nitrogens with two attached hydrogens (primary N) is 1. The van der Waals surface area contributed by atoms with Crippen molar-refractivity contribution in [2.24, 2.45) is 16.6 Å². The van der Waals surface area contributed by atoms with E-state index in [1.54, 1.807) is 11.3 Å². The largest absolute Gasteiger partial charge is 0.370 e. The molecule has 23 heavy (non-hydrogen) atoms. The Bertz CT molecular complexity index is 477. The Morgan fingerprint density at radius 3 is 2.87 bits per heavy atom. The number of piperidine rings is 1. The van der Waals surface area contributed by atoms with Crippen LogP contribution in [0.2, 0.25) is 0 Å². The van der Waals surface area contributed by atoms with E-state index in [0.29, 0.717) is 11.9 Å². The monoisotopic (exact) mass is 337 g/mol. The van der Waals surface area contributed by atoms with Crippen LogP contribution >= 0.6 is 11.3 Å². The zero-order chi connectivity index (χ0) is 16.5. The van der Waals surface area contributed by atoms with Gasteiger partial charge in [-0.3, -0.25) is 9.89 Å². The van der Waals surface area contributed by atoms with Gasteiger partial charge < -0.3 is 11.1 Å². The number of aryl methyl sites for hydroxylation is 1. The predicted octanol–water partition coefficient (Wildman–Crippen LogP) is 2.62. The lowest BCUT2D eigenvalue weighted by molar-refractivity contribution is 0.179. The molecule has 1 saturated heterocycles. The van der Waals surface area contributed by atoms with Crippen molar-refractivity contribution in [1.29, 1.82) is 0 Å². The van der Waals surface area contributed by atoms with Crippen molar-refractivity contribution in [2.45, 2.75) is 52.5 Å². The number of guanidine groups is 1. The van der Waals surface area contributed by atoms with Gasteiger partial charge in [-0.25, -0.2) is 4.98 Å². The summed E-state index contributed by atoms with van der Waals surface area (Å²) in [5, 5.41) is 6.63. The third kappa shape index (κ3) is 6.47. The molecule has 0 saturated carbocycles. The SMILES string of the molecule is CCCCNC(N)=NCC1CCN(Cc2csc(CC)n2)CC1. The van der Waals surface area contributed by atoms with Crippen LogP contribution in [0.4, 0.5) is 0 Å². The highest BCUT2D eigenvalue weighted by atomic mass is 32.1. The summed E-state index contributed by atoms with van der Waals surface area (Å²) in [6.07, 6.45) is 5.77. The maximum absolute atomic E-state index is 5.90. The Morgan fingerprint density at radius 1 is 1.43 bits per heavy atom. The molecule has 1 aromatic heterocycles. The third-order valence-electron chi connectivity index (χ3n) is 4.35. The lowest BCUT2D eigenvalue weighted by atomic mass is 9.97. The second-order valence-corrected chi connectivity index (χ2v) is 7.25. The second-order valence-electron chi connectivity index (χ2n) is 6.31. The topological polar surface area (TPSA) is 66.5 Å². The fourth-order valence-corrected chi connectivity index (χ4v) is 3.55. The molecule has 0 aromatic carbocycles. The molecule has 1 fully saturated rings. The molecule has 0 radical (unpaired) electrons. The van der Waals surface area contributed by atoms with Crippen LogP contribution in [-0.2, 0) is 13.0 Å². The van der Waals surface area contributed by atoms with Gasteiger partial charge in [0.15, 0.2) is 5.96 Å². The number of hydrogen-bond donors (Lipinski definition) is 2. The number of rotatable bonds is 8. The van der Waals surface area contributed by atoms with Crippen LogP contribution in [-0.4, -0.2) is 42.0 Å². The highest BCUT2D eigenvalue weighted by Crippen LogP contribution is 2.20. The van der Waals surface area contributed by atoms with E-state index in [1.165, 1.54) is 30.0 Å². The van der Waals surface area contributed by atoms with Gasteiger partial charge in [-0.15, -0.1) is 11.3 Å². The van der Waals surface area contributed by atoms with Gasteiger partial charge in [-0.05, 0) is 44.7 Å². The van der Waals surface area contributed by atoms with Crippen molar-refractivity contribution in [2.75, 3.05) is 26.2 Å². The van der Waals surface area contributed by atoms with Crippen molar-refractivity contribution >= 4 is 17.3 Å². The van der Waals surface area contributed by atoms with E-state index < -0.39 is 0 Å². The van der Waals surface area contributed by atoms with Gasteiger partial charge in [-0.2, -0.15) is 0 Å². The number of nitrogens with zero attached hydrogens (tertiary/aromatic N) is 3. The molecule has 3 N–H and O–H groups in total. The molecule has 0 aliphatic carbocycles. The summed E-state index contributed by atoms with van der Waals surface area (Å²) < 4.78 is 0. The van der Waals surface area contributed by atoms with Crippen molar-refractivity contribution in [3.8, 4) is 0 Å². The predicted molar refractivity (Wildman–Crippen MR) is 98.9 cm³/mol. The minimum absolute atomic E-state index is 0.607. The minimum atomic E-state index is 0.607. The average molecular weight is 338 g/mol. The molecular formula is C17H31N5S. The van der Waals surface area contributed by atoms with E-state index in [2.05, 4.69) is 39.4 Å². The highest BCUT2D eigenvalue weighted by Gasteiger charge is 2.19. The number of unbranched alkanes of at least 4 members (excludes halogenated alkanes) is 1. The fourth-order valence-electron chi connectivity index (χ4n) is 2.82. The smallest absolute Gasteiger partial charge is 0.188 e. The van der Waals surface area contributed by atoms with Gasteiger partial charge in [0.25, 0.3) is 0 Å². The zero-order valence-electron chi connectivity index (χ0n) is 14.6. The van der Waals surface area contributed by atoms with Gasteiger partial charge in [0.2, 0.25) is 0 Å². The van der Waals surface area contributed by atoms with Crippen LogP contribution in [0.1, 0.15) is 50.2 Å². The van der Waals surface area contributed by atoms with Gasteiger partial charge in [0, 0.05) is 25.0 Å². The van der Waals surface area contributed by atoms with E-state index in [1.807, 2.05) is 0 Å².